The Balaban J connectivity index is 2.12. The van der Waals surface area contributed by atoms with E-state index in [0.717, 1.165) is 26.9 Å². The van der Waals surface area contributed by atoms with E-state index in [1.165, 1.54) is 11.1 Å². The molecule has 0 fully saturated rings. The monoisotopic (exact) mass is 452 g/mol. The molecule has 2 nitrogen and oxygen atoms in total. The molecule has 3 heteroatoms. The first-order valence-corrected chi connectivity index (χ1v) is 7.98. The Kier molecular flexibility index (Phi) is 3.96. The van der Waals surface area contributed by atoms with Gasteiger partial charge in [0.15, 0.2) is 0 Å². The number of hydrogen-bond acceptors (Lipinski definition) is 2. The summed E-state index contributed by atoms with van der Waals surface area (Å²) in [7, 11) is 0. The summed E-state index contributed by atoms with van der Waals surface area (Å²) in [5, 5.41) is 0. The predicted molar refractivity (Wildman–Crippen MR) is 82.0 cm³/mol. The topological polar surface area (TPSA) is 25.8 Å². The number of benzene rings is 2. The zero-order valence-corrected chi connectivity index (χ0v) is 14.3. The fourth-order valence-electron chi connectivity index (χ4n) is 2.31. The van der Waals surface area contributed by atoms with E-state index in [2.05, 4.69) is 78.4 Å². The van der Waals surface area contributed by atoms with E-state index in [4.69, 9.17) is 0 Å². The van der Waals surface area contributed by atoms with Crippen molar-refractivity contribution >= 4 is 4.34 Å². The fourth-order valence-corrected chi connectivity index (χ4v) is 2.89. The summed E-state index contributed by atoms with van der Waals surface area (Å²) in [6.45, 7) is 4.19. The molecule has 0 saturated heterocycles. The number of nitrogens with zero attached hydrogens (tertiary/aromatic N) is 2. The molecular formula is C18H15IrN2. The standard InChI is InChI=1S/C18H15N2.Ir/c1-13-5-3-7-15(9-13)17-11-18(20-12-19-17)16-8-4-6-14(2)10-16;/h3-11H,1-2H3;. The second-order valence-electron chi connectivity index (χ2n) is 5.13. The normalized spacial score (nSPS) is 10.7. The van der Waals surface area contributed by atoms with Gasteiger partial charge in [-0.2, -0.15) is 0 Å². The van der Waals surface area contributed by atoms with Crippen molar-refractivity contribution in [2.45, 2.75) is 13.8 Å². The van der Waals surface area contributed by atoms with Gasteiger partial charge in [-0.1, -0.05) is 0 Å². The van der Waals surface area contributed by atoms with Crippen LogP contribution in [0.25, 0.3) is 22.5 Å². The Morgan fingerprint density at radius 1 is 0.714 bits per heavy atom. The van der Waals surface area contributed by atoms with Gasteiger partial charge in [0, 0.05) is 0 Å². The van der Waals surface area contributed by atoms with Gasteiger partial charge in [-0.25, -0.2) is 0 Å². The van der Waals surface area contributed by atoms with Gasteiger partial charge in [0.05, 0.1) is 0 Å². The first-order valence-electron chi connectivity index (χ1n) is 6.78. The Labute approximate surface area is 135 Å². The van der Waals surface area contributed by atoms with Gasteiger partial charge in [0.2, 0.25) is 0 Å². The molecule has 0 unspecified atom stereocenters. The van der Waals surface area contributed by atoms with E-state index in [1.54, 1.807) is 0 Å². The van der Waals surface area contributed by atoms with Gasteiger partial charge in [0.1, 0.15) is 0 Å². The molecule has 2 aromatic carbocycles. The third-order valence-electron chi connectivity index (χ3n) is 3.32. The first-order chi connectivity index (χ1) is 10.1. The van der Waals surface area contributed by atoms with Crippen LogP contribution >= 0.6 is 0 Å². The van der Waals surface area contributed by atoms with E-state index >= 15 is 0 Å². The summed E-state index contributed by atoms with van der Waals surface area (Å²) >= 11 is 1.94. The molecule has 1 heterocycles. The van der Waals surface area contributed by atoms with Gasteiger partial charge < -0.3 is 0 Å². The summed E-state index contributed by atoms with van der Waals surface area (Å²) in [5.41, 5.74) is 6.69. The van der Waals surface area contributed by atoms with Gasteiger partial charge in [-0.05, 0) is 0 Å². The van der Waals surface area contributed by atoms with Crippen molar-refractivity contribution in [3.63, 3.8) is 0 Å². The molecule has 0 saturated carbocycles. The third kappa shape index (κ3) is 3.26. The van der Waals surface area contributed by atoms with E-state index in [0.29, 0.717) is 0 Å². The van der Waals surface area contributed by atoms with Gasteiger partial charge in [-0.3, -0.25) is 0 Å². The second kappa shape index (κ2) is 5.88. The van der Waals surface area contributed by atoms with Crippen LogP contribution in [-0.4, -0.2) is 9.97 Å². The Hall–Kier alpha value is -1.83. The van der Waals surface area contributed by atoms with E-state index in [1.807, 2.05) is 18.9 Å². The number of aryl methyl sites for hydroxylation is 2. The maximum atomic E-state index is 4.58. The summed E-state index contributed by atoms with van der Waals surface area (Å²) in [4.78, 5) is 9.16. The minimum absolute atomic E-state index is 0.797. The van der Waals surface area contributed by atoms with Crippen molar-refractivity contribution in [3.05, 3.63) is 65.7 Å². The second-order valence-corrected chi connectivity index (χ2v) is 6.20. The molecule has 106 valence electrons. The summed E-state index contributed by atoms with van der Waals surface area (Å²) in [6.07, 6.45) is 0. The van der Waals surface area contributed by atoms with E-state index in [-0.39, 0.29) is 0 Å². The van der Waals surface area contributed by atoms with Crippen molar-refractivity contribution in [2.75, 3.05) is 0 Å². The van der Waals surface area contributed by atoms with Crippen molar-refractivity contribution in [1.82, 2.24) is 9.97 Å². The molecular weight excluding hydrogens is 436 g/mol. The molecule has 0 aliphatic carbocycles. The third-order valence-corrected chi connectivity index (χ3v) is 3.85. The minimum atomic E-state index is 0.797. The molecule has 0 aliphatic heterocycles. The summed E-state index contributed by atoms with van der Waals surface area (Å²) in [5.74, 6) is 0. The summed E-state index contributed by atoms with van der Waals surface area (Å²) in [6, 6.07) is 18.9. The maximum absolute atomic E-state index is 4.58. The molecule has 0 radical (unpaired) electrons. The number of rotatable bonds is 2. The van der Waals surface area contributed by atoms with Crippen LogP contribution in [0, 0.1) is 13.8 Å². The molecule has 1 aromatic heterocycles. The average Bonchev–Trinajstić information content (AvgIpc) is 2.46. The van der Waals surface area contributed by atoms with Crippen molar-refractivity contribution < 1.29 is 18.9 Å². The number of aromatic nitrogens is 2. The molecule has 0 spiro atoms. The van der Waals surface area contributed by atoms with Crippen molar-refractivity contribution in [2.24, 2.45) is 0 Å². The van der Waals surface area contributed by atoms with Crippen molar-refractivity contribution in [3.8, 4) is 22.5 Å². The van der Waals surface area contributed by atoms with Gasteiger partial charge in [-0.15, -0.1) is 0 Å². The SMILES string of the molecule is Cc1cccc(-c2cc(-c3cccc(C)c3)n[c]([Ir])n2)c1. The van der Waals surface area contributed by atoms with Crippen LogP contribution in [0.3, 0.4) is 0 Å². The van der Waals surface area contributed by atoms with Crippen LogP contribution in [0.1, 0.15) is 11.1 Å². The first kappa shape index (κ1) is 14.1. The van der Waals surface area contributed by atoms with Crippen LogP contribution in [0.5, 0.6) is 0 Å². The van der Waals surface area contributed by atoms with Crippen LogP contribution in [-0.2, 0) is 18.9 Å². The Morgan fingerprint density at radius 3 is 1.62 bits per heavy atom. The van der Waals surface area contributed by atoms with Crippen LogP contribution in [0.4, 0.5) is 0 Å². The molecule has 0 amide bonds. The van der Waals surface area contributed by atoms with Crippen LogP contribution in [0.2, 0.25) is 0 Å². The van der Waals surface area contributed by atoms with Crippen LogP contribution < -0.4 is 4.34 Å². The number of hydrogen-bond donors (Lipinski definition) is 0. The molecule has 21 heavy (non-hydrogen) atoms. The van der Waals surface area contributed by atoms with Gasteiger partial charge >= 0.3 is 135 Å². The average molecular weight is 452 g/mol. The Morgan fingerprint density at radius 2 is 1.19 bits per heavy atom. The van der Waals surface area contributed by atoms with Gasteiger partial charge in [0.25, 0.3) is 0 Å². The van der Waals surface area contributed by atoms with E-state index in [9.17, 15) is 0 Å². The Bertz CT molecular complexity index is 733. The molecule has 0 N–H and O–H groups in total. The molecule has 0 bridgehead atoms. The molecule has 3 rings (SSSR count). The molecule has 0 atom stereocenters. The summed E-state index contributed by atoms with van der Waals surface area (Å²) < 4.78 is 0.797. The van der Waals surface area contributed by atoms with E-state index < -0.39 is 0 Å². The fraction of sp³-hybridized carbons (Fsp3) is 0.111. The van der Waals surface area contributed by atoms with Crippen molar-refractivity contribution in [1.29, 1.82) is 0 Å². The predicted octanol–water partition coefficient (Wildman–Crippen LogP) is 3.60. The quantitative estimate of drug-likeness (QED) is 0.595. The zero-order valence-electron chi connectivity index (χ0n) is 11.9. The molecule has 0 aliphatic rings. The molecule has 3 aromatic rings. The van der Waals surface area contributed by atoms with Crippen LogP contribution in [0.15, 0.2) is 54.6 Å². The zero-order chi connectivity index (χ0) is 14.8.